The fourth-order valence-electron chi connectivity index (χ4n) is 3.08. The van der Waals surface area contributed by atoms with Crippen LogP contribution in [0.15, 0.2) is 47.5 Å². The van der Waals surface area contributed by atoms with Crippen LogP contribution in [0.5, 0.6) is 11.5 Å². The first-order chi connectivity index (χ1) is 12.2. The second kappa shape index (κ2) is 9.66. The van der Waals surface area contributed by atoms with Crippen molar-refractivity contribution in [1.82, 2.24) is 10.2 Å². The maximum atomic E-state index is 10.1. The first-order valence-corrected chi connectivity index (χ1v) is 8.67. The third-order valence-corrected chi connectivity index (χ3v) is 4.45. The second-order valence-electron chi connectivity index (χ2n) is 6.11. The molecule has 0 saturated carbocycles. The van der Waals surface area contributed by atoms with Crippen LogP contribution in [0, 0.1) is 0 Å². The van der Waals surface area contributed by atoms with Gasteiger partial charge in [0.1, 0.15) is 11.5 Å². The van der Waals surface area contributed by atoms with Crippen molar-refractivity contribution in [3.05, 3.63) is 59.2 Å². The summed E-state index contributed by atoms with van der Waals surface area (Å²) in [5.41, 5.74) is 3.52. The zero-order valence-electron chi connectivity index (χ0n) is 15.2. The number of methoxy groups -OCH3 is 1. The topological polar surface area (TPSA) is 57.1 Å². The van der Waals surface area contributed by atoms with Crippen LogP contribution in [-0.4, -0.2) is 36.2 Å². The molecule has 2 aromatic rings. The molecule has 2 aromatic carbocycles. The van der Waals surface area contributed by atoms with Gasteiger partial charge in [-0.1, -0.05) is 24.3 Å². The molecular weight excluding hydrogens is 441 g/mol. The number of halogens is 1. The predicted molar refractivity (Wildman–Crippen MR) is 115 cm³/mol. The maximum absolute atomic E-state index is 10.1. The van der Waals surface area contributed by atoms with Crippen molar-refractivity contribution in [2.45, 2.75) is 26.4 Å². The van der Waals surface area contributed by atoms with E-state index in [9.17, 15) is 5.11 Å². The molecule has 0 aliphatic carbocycles. The summed E-state index contributed by atoms with van der Waals surface area (Å²) in [7, 11) is 1.62. The SMILES string of the molecule is CCNC(=NCc1cc(OC)ccc1O)N1CCc2ccccc2C1.I. The van der Waals surface area contributed by atoms with Crippen LogP contribution >= 0.6 is 24.0 Å². The minimum Gasteiger partial charge on any atom is -0.508 e. The van der Waals surface area contributed by atoms with Gasteiger partial charge in [-0.15, -0.1) is 24.0 Å². The molecule has 1 heterocycles. The predicted octanol–water partition coefficient (Wildman–Crippen LogP) is 3.54. The molecule has 0 radical (unpaired) electrons. The Labute approximate surface area is 172 Å². The van der Waals surface area contributed by atoms with E-state index in [-0.39, 0.29) is 29.7 Å². The number of fused-ring (bicyclic) bond motifs is 1. The third-order valence-electron chi connectivity index (χ3n) is 4.45. The zero-order chi connectivity index (χ0) is 17.6. The number of phenolic OH excluding ortho intramolecular Hbond substituents is 1. The second-order valence-corrected chi connectivity index (χ2v) is 6.11. The van der Waals surface area contributed by atoms with Gasteiger partial charge >= 0.3 is 0 Å². The third kappa shape index (κ3) is 4.81. The van der Waals surface area contributed by atoms with E-state index in [0.29, 0.717) is 6.54 Å². The molecule has 5 nitrogen and oxygen atoms in total. The Morgan fingerprint density at radius 3 is 2.73 bits per heavy atom. The Morgan fingerprint density at radius 2 is 2.00 bits per heavy atom. The monoisotopic (exact) mass is 467 g/mol. The lowest BCUT2D eigenvalue weighted by molar-refractivity contribution is 0.378. The van der Waals surface area contributed by atoms with Crippen LogP contribution in [0.25, 0.3) is 0 Å². The van der Waals surface area contributed by atoms with Gasteiger partial charge in [0, 0.05) is 25.2 Å². The number of rotatable bonds is 4. The molecule has 140 valence electrons. The van der Waals surface area contributed by atoms with Crippen molar-refractivity contribution in [2.75, 3.05) is 20.2 Å². The van der Waals surface area contributed by atoms with Crippen molar-refractivity contribution in [3.8, 4) is 11.5 Å². The molecule has 0 unspecified atom stereocenters. The van der Waals surface area contributed by atoms with Gasteiger partial charge in [-0.2, -0.15) is 0 Å². The van der Waals surface area contributed by atoms with Gasteiger partial charge in [0.2, 0.25) is 0 Å². The Balaban J connectivity index is 0.00000243. The highest BCUT2D eigenvalue weighted by atomic mass is 127. The Morgan fingerprint density at radius 1 is 1.23 bits per heavy atom. The highest BCUT2D eigenvalue weighted by molar-refractivity contribution is 14.0. The van der Waals surface area contributed by atoms with Crippen LogP contribution in [-0.2, 0) is 19.5 Å². The largest absolute Gasteiger partial charge is 0.508 e. The normalized spacial score (nSPS) is 13.6. The zero-order valence-corrected chi connectivity index (χ0v) is 17.6. The van der Waals surface area contributed by atoms with E-state index in [4.69, 9.17) is 9.73 Å². The first-order valence-electron chi connectivity index (χ1n) is 8.67. The molecular formula is C20H26IN3O2. The van der Waals surface area contributed by atoms with Crippen molar-refractivity contribution in [3.63, 3.8) is 0 Å². The fraction of sp³-hybridized carbons (Fsp3) is 0.350. The molecule has 3 rings (SSSR count). The maximum Gasteiger partial charge on any atom is 0.194 e. The molecule has 26 heavy (non-hydrogen) atoms. The molecule has 0 aromatic heterocycles. The number of hydrogen-bond acceptors (Lipinski definition) is 3. The summed E-state index contributed by atoms with van der Waals surface area (Å²) in [6.45, 7) is 5.07. The number of guanidine groups is 1. The number of ether oxygens (including phenoxy) is 1. The molecule has 0 amide bonds. The number of benzene rings is 2. The standard InChI is InChI=1S/C20H25N3O2.HI/c1-3-21-20(22-13-17-12-18(25-2)8-9-19(17)24)23-11-10-15-6-4-5-7-16(15)14-23;/h4-9,12,24H,3,10-11,13-14H2,1-2H3,(H,21,22);1H. The van der Waals surface area contributed by atoms with Crippen molar-refractivity contribution >= 4 is 29.9 Å². The average molecular weight is 467 g/mol. The minimum atomic E-state index is 0. The van der Waals surface area contributed by atoms with Gasteiger partial charge in [-0.05, 0) is 42.7 Å². The summed E-state index contributed by atoms with van der Waals surface area (Å²) in [6.07, 6.45) is 1.02. The van der Waals surface area contributed by atoms with E-state index in [1.165, 1.54) is 11.1 Å². The Bertz CT molecular complexity index is 764. The van der Waals surface area contributed by atoms with Gasteiger partial charge < -0.3 is 20.1 Å². The van der Waals surface area contributed by atoms with Gasteiger partial charge in [-0.25, -0.2) is 4.99 Å². The number of hydrogen-bond donors (Lipinski definition) is 2. The smallest absolute Gasteiger partial charge is 0.194 e. The minimum absolute atomic E-state index is 0. The van der Waals surface area contributed by atoms with Crippen LogP contribution in [0.2, 0.25) is 0 Å². The summed E-state index contributed by atoms with van der Waals surface area (Å²) in [5.74, 6) is 1.84. The highest BCUT2D eigenvalue weighted by Crippen LogP contribution is 2.24. The molecule has 0 fully saturated rings. The van der Waals surface area contributed by atoms with Crippen LogP contribution in [0.1, 0.15) is 23.6 Å². The van der Waals surface area contributed by atoms with E-state index in [1.807, 2.05) is 6.07 Å². The Kier molecular flexibility index (Phi) is 7.56. The molecule has 0 atom stereocenters. The quantitative estimate of drug-likeness (QED) is 0.411. The van der Waals surface area contributed by atoms with E-state index >= 15 is 0 Å². The lowest BCUT2D eigenvalue weighted by atomic mass is 10.0. The van der Waals surface area contributed by atoms with Crippen molar-refractivity contribution < 1.29 is 9.84 Å². The summed E-state index contributed by atoms with van der Waals surface area (Å²) in [4.78, 5) is 7.00. The number of nitrogens with one attached hydrogen (secondary N) is 1. The molecule has 2 N–H and O–H groups in total. The van der Waals surface area contributed by atoms with Crippen LogP contribution < -0.4 is 10.1 Å². The molecule has 0 spiro atoms. The molecule has 1 aliphatic rings. The van der Waals surface area contributed by atoms with Gasteiger partial charge in [0.25, 0.3) is 0 Å². The van der Waals surface area contributed by atoms with Crippen molar-refractivity contribution in [2.24, 2.45) is 4.99 Å². The number of nitrogens with zero attached hydrogens (tertiary/aromatic N) is 2. The van der Waals surface area contributed by atoms with Crippen molar-refractivity contribution in [1.29, 1.82) is 0 Å². The summed E-state index contributed by atoms with van der Waals surface area (Å²) in [5, 5.41) is 13.4. The number of aliphatic imine (C=N–C) groups is 1. The van der Waals surface area contributed by atoms with E-state index < -0.39 is 0 Å². The summed E-state index contributed by atoms with van der Waals surface area (Å²) >= 11 is 0. The van der Waals surface area contributed by atoms with E-state index in [0.717, 1.165) is 43.3 Å². The average Bonchev–Trinajstić information content (AvgIpc) is 2.66. The van der Waals surface area contributed by atoms with E-state index in [1.54, 1.807) is 19.2 Å². The molecule has 0 saturated heterocycles. The molecule has 1 aliphatic heterocycles. The number of aromatic hydroxyl groups is 1. The Hall–Kier alpha value is -1.96. The fourth-order valence-corrected chi connectivity index (χ4v) is 3.08. The van der Waals surface area contributed by atoms with Crippen LogP contribution in [0.4, 0.5) is 0 Å². The summed E-state index contributed by atoms with van der Waals surface area (Å²) in [6, 6.07) is 13.8. The lowest BCUT2D eigenvalue weighted by Crippen LogP contribution is -2.44. The van der Waals surface area contributed by atoms with E-state index in [2.05, 4.69) is 41.4 Å². The lowest BCUT2D eigenvalue weighted by Gasteiger charge is -2.31. The van der Waals surface area contributed by atoms with Gasteiger partial charge in [0.15, 0.2) is 5.96 Å². The van der Waals surface area contributed by atoms with Crippen LogP contribution in [0.3, 0.4) is 0 Å². The first kappa shape index (κ1) is 20.4. The highest BCUT2D eigenvalue weighted by Gasteiger charge is 2.18. The number of phenols is 1. The molecule has 6 heteroatoms. The molecule has 0 bridgehead atoms. The van der Waals surface area contributed by atoms with Gasteiger partial charge in [0.05, 0.1) is 13.7 Å². The van der Waals surface area contributed by atoms with Gasteiger partial charge in [-0.3, -0.25) is 0 Å². The summed E-state index contributed by atoms with van der Waals surface area (Å²) < 4.78 is 5.23.